The van der Waals surface area contributed by atoms with Crippen LogP contribution in [-0.4, -0.2) is 9.97 Å². The summed E-state index contributed by atoms with van der Waals surface area (Å²) in [6.45, 7) is 0. The maximum atomic E-state index is 13.3. The highest BCUT2D eigenvalue weighted by Gasteiger charge is 2.07. The molecule has 0 atom stereocenters. The van der Waals surface area contributed by atoms with Crippen molar-refractivity contribution in [2.45, 2.75) is 6.42 Å². The number of benzene rings is 1. The monoisotopic (exact) mass is 204 g/mol. The van der Waals surface area contributed by atoms with E-state index in [0.29, 0.717) is 6.42 Å². The van der Waals surface area contributed by atoms with Crippen LogP contribution in [0.3, 0.4) is 0 Å². The van der Waals surface area contributed by atoms with Gasteiger partial charge < -0.3 is 4.98 Å². The molecule has 0 aliphatic rings. The summed E-state index contributed by atoms with van der Waals surface area (Å²) in [5, 5.41) is 0. The number of nitrogens with zero attached hydrogens (tertiary/aromatic N) is 1. The third kappa shape index (κ3) is 2.10. The Morgan fingerprint density at radius 3 is 2.73 bits per heavy atom. The zero-order valence-electron chi connectivity index (χ0n) is 7.90. The fourth-order valence-electron chi connectivity index (χ4n) is 1.33. The summed E-state index contributed by atoms with van der Waals surface area (Å²) in [4.78, 5) is 16.9. The molecule has 76 valence electrons. The standard InChI is InChI=1S/C11H9FN2O/c12-10-9(13-7-14-11(10)15)6-8-4-2-1-3-5-8/h1-5,7H,6H2,(H,13,14,15). The van der Waals surface area contributed by atoms with Crippen LogP contribution in [0, 0.1) is 5.82 Å². The third-order valence-electron chi connectivity index (χ3n) is 2.08. The minimum Gasteiger partial charge on any atom is -0.311 e. The predicted molar refractivity (Wildman–Crippen MR) is 54.1 cm³/mol. The van der Waals surface area contributed by atoms with Gasteiger partial charge in [0.1, 0.15) is 0 Å². The van der Waals surface area contributed by atoms with Crippen molar-refractivity contribution in [2.24, 2.45) is 0 Å². The lowest BCUT2D eigenvalue weighted by Gasteiger charge is -2.00. The number of halogens is 1. The zero-order valence-corrected chi connectivity index (χ0v) is 7.90. The third-order valence-corrected chi connectivity index (χ3v) is 2.08. The summed E-state index contributed by atoms with van der Waals surface area (Å²) in [6, 6.07) is 9.33. The van der Waals surface area contributed by atoms with Crippen molar-refractivity contribution < 1.29 is 4.39 Å². The van der Waals surface area contributed by atoms with Gasteiger partial charge in [0.05, 0.1) is 12.0 Å². The quantitative estimate of drug-likeness (QED) is 0.805. The van der Waals surface area contributed by atoms with Crippen LogP contribution in [0.25, 0.3) is 0 Å². The summed E-state index contributed by atoms with van der Waals surface area (Å²) in [5.41, 5.74) is 0.371. The lowest BCUT2D eigenvalue weighted by Crippen LogP contribution is -2.14. The molecule has 0 amide bonds. The van der Waals surface area contributed by atoms with Gasteiger partial charge in [-0.3, -0.25) is 4.79 Å². The van der Waals surface area contributed by atoms with Crippen LogP contribution in [0.4, 0.5) is 4.39 Å². The number of aromatic nitrogens is 2. The van der Waals surface area contributed by atoms with E-state index >= 15 is 0 Å². The molecule has 2 aromatic rings. The number of hydrogen-bond acceptors (Lipinski definition) is 2. The Morgan fingerprint density at radius 2 is 2.00 bits per heavy atom. The first-order chi connectivity index (χ1) is 7.27. The SMILES string of the molecule is O=c1[nH]cnc(Cc2ccccc2)c1F. The van der Waals surface area contributed by atoms with Crippen LogP contribution >= 0.6 is 0 Å². The Balaban J connectivity index is 2.33. The van der Waals surface area contributed by atoms with Crippen molar-refractivity contribution in [3.05, 3.63) is 64.1 Å². The molecule has 2 rings (SSSR count). The second-order valence-electron chi connectivity index (χ2n) is 3.15. The first kappa shape index (κ1) is 9.58. The lowest BCUT2D eigenvalue weighted by atomic mass is 10.1. The molecule has 3 nitrogen and oxygen atoms in total. The first-order valence-corrected chi connectivity index (χ1v) is 4.53. The van der Waals surface area contributed by atoms with E-state index in [9.17, 15) is 9.18 Å². The topological polar surface area (TPSA) is 45.8 Å². The van der Waals surface area contributed by atoms with E-state index in [1.165, 1.54) is 6.33 Å². The molecular formula is C11H9FN2O. The highest BCUT2D eigenvalue weighted by atomic mass is 19.1. The number of nitrogens with one attached hydrogen (secondary N) is 1. The fourth-order valence-corrected chi connectivity index (χ4v) is 1.33. The minimum atomic E-state index is -0.804. The number of H-pyrrole nitrogens is 1. The highest BCUT2D eigenvalue weighted by molar-refractivity contribution is 5.21. The molecule has 1 heterocycles. The fraction of sp³-hybridized carbons (Fsp3) is 0.0909. The van der Waals surface area contributed by atoms with Crippen molar-refractivity contribution >= 4 is 0 Å². The summed E-state index contributed by atoms with van der Waals surface area (Å²) in [7, 11) is 0. The van der Waals surface area contributed by atoms with E-state index in [1.54, 1.807) is 0 Å². The Hall–Kier alpha value is -1.97. The smallest absolute Gasteiger partial charge is 0.287 e. The molecule has 0 spiro atoms. The molecule has 0 radical (unpaired) electrons. The molecule has 0 saturated heterocycles. The second kappa shape index (κ2) is 4.04. The average Bonchev–Trinajstić information content (AvgIpc) is 2.26. The van der Waals surface area contributed by atoms with Crippen LogP contribution in [-0.2, 0) is 6.42 Å². The van der Waals surface area contributed by atoms with Crippen molar-refractivity contribution in [3.63, 3.8) is 0 Å². The maximum Gasteiger partial charge on any atom is 0.287 e. The van der Waals surface area contributed by atoms with Crippen molar-refractivity contribution in [1.29, 1.82) is 0 Å². The first-order valence-electron chi connectivity index (χ1n) is 4.53. The van der Waals surface area contributed by atoms with Gasteiger partial charge in [-0.05, 0) is 5.56 Å². The van der Waals surface area contributed by atoms with E-state index < -0.39 is 11.4 Å². The Labute approximate surface area is 85.6 Å². The molecule has 1 aromatic carbocycles. The van der Waals surface area contributed by atoms with E-state index in [-0.39, 0.29) is 5.69 Å². The number of hydrogen-bond donors (Lipinski definition) is 1. The Kier molecular flexibility index (Phi) is 2.58. The molecule has 0 aliphatic heterocycles. The van der Waals surface area contributed by atoms with Gasteiger partial charge in [0, 0.05) is 6.42 Å². The van der Waals surface area contributed by atoms with Gasteiger partial charge in [0.2, 0.25) is 5.82 Å². The van der Waals surface area contributed by atoms with E-state index in [4.69, 9.17) is 0 Å². The van der Waals surface area contributed by atoms with Crippen molar-refractivity contribution in [2.75, 3.05) is 0 Å². The molecule has 4 heteroatoms. The van der Waals surface area contributed by atoms with Crippen LogP contribution in [0.2, 0.25) is 0 Å². The molecule has 1 aromatic heterocycles. The van der Waals surface area contributed by atoms with E-state index in [1.807, 2.05) is 30.3 Å². The van der Waals surface area contributed by atoms with Gasteiger partial charge in [0.25, 0.3) is 5.56 Å². The van der Waals surface area contributed by atoms with Crippen LogP contribution in [0.15, 0.2) is 41.5 Å². The Bertz CT molecular complexity index is 507. The molecular weight excluding hydrogens is 195 g/mol. The molecule has 0 aliphatic carbocycles. The largest absolute Gasteiger partial charge is 0.311 e. The van der Waals surface area contributed by atoms with Gasteiger partial charge in [-0.2, -0.15) is 4.39 Å². The Morgan fingerprint density at radius 1 is 1.27 bits per heavy atom. The summed E-state index contributed by atoms with van der Waals surface area (Å²) < 4.78 is 13.3. The van der Waals surface area contributed by atoms with E-state index in [0.717, 1.165) is 5.56 Å². The summed E-state index contributed by atoms with van der Waals surface area (Å²) >= 11 is 0. The van der Waals surface area contributed by atoms with Gasteiger partial charge in [-0.25, -0.2) is 4.98 Å². The molecule has 1 N–H and O–H groups in total. The molecule has 0 saturated carbocycles. The minimum absolute atomic E-state index is 0.171. The molecule has 0 bridgehead atoms. The van der Waals surface area contributed by atoms with E-state index in [2.05, 4.69) is 9.97 Å². The van der Waals surface area contributed by atoms with Gasteiger partial charge in [0.15, 0.2) is 0 Å². The summed E-state index contributed by atoms with van der Waals surface area (Å²) in [6.07, 6.45) is 1.54. The van der Waals surface area contributed by atoms with Gasteiger partial charge in [-0.15, -0.1) is 0 Å². The summed E-state index contributed by atoms with van der Waals surface area (Å²) in [5.74, 6) is -0.804. The normalized spacial score (nSPS) is 10.2. The molecule has 15 heavy (non-hydrogen) atoms. The highest BCUT2D eigenvalue weighted by Crippen LogP contribution is 2.07. The average molecular weight is 204 g/mol. The molecule has 0 unspecified atom stereocenters. The second-order valence-corrected chi connectivity index (χ2v) is 3.15. The predicted octanol–water partition coefficient (Wildman–Crippen LogP) is 1.50. The lowest BCUT2D eigenvalue weighted by molar-refractivity contribution is 0.582. The maximum absolute atomic E-state index is 13.3. The van der Waals surface area contributed by atoms with Gasteiger partial charge >= 0.3 is 0 Å². The van der Waals surface area contributed by atoms with Crippen LogP contribution in [0.5, 0.6) is 0 Å². The van der Waals surface area contributed by atoms with Crippen molar-refractivity contribution in [1.82, 2.24) is 9.97 Å². The van der Waals surface area contributed by atoms with Gasteiger partial charge in [-0.1, -0.05) is 30.3 Å². The van der Waals surface area contributed by atoms with Crippen molar-refractivity contribution in [3.8, 4) is 0 Å². The number of rotatable bonds is 2. The van der Waals surface area contributed by atoms with Crippen LogP contribution < -0.4 is 5.56 Å². The molecule has 0 fully saturated rings. The van der Waals surface area contributed by atoms with Crippen LogP contribution in [0.1, 0.15) is 11.3 Å². The zero-order chi connectivity index (χ0) is 10.7. The number of aromatic amines is 1.